The second-order valence-electron chi connectivity index (χ2n) is 5.72. The van der Waals surface area contributed by atoms with Gasteiger partial charge in [-0.25, -0.2) is 4.39 Å². The number of halogens is 1. The molecule has 0 aliphatic heterocycles. The van der Waals surface area contributed by atoms with E-state index in [1.165, 1.54) is 12.1 Å². The topological polar surface area (TPSA) is 85.4 Å². The monoisotopic (exact) mass is 382 g/mol. The Morgan fingerprint density at radius 1 is 0.964 bits per heavy atom. The van der Waals surface area contributed by atoms with Crippen molar-refractivity contribution in [2.24, 2.45) is 0 Å². The Hall–Kier alpha value is -3.68. The number of benzene rings is 2. The Balaban J connectivity index is 1.44. The van der Waals surface area contributed by atoms with Gasteiger partial charge >= 0.3 is 0 Å². The standard InChI is InChI=1S/C20H19FN4O3/c1-27-16-6-8-17(9-7-16)28-13-12-22-20(26)18-10-11-19(25-24-18)23-15-4-2-14(21)3-5-15/h2-11H,12-13H2,1H3,(H,22,26)(H,23,25). The summed E-state index contributed by atoms with van der Waals surface area (Å²) in [5.41, 5.74) is 0.859. The normalized spacial score (nSPS) is 10.2. The van der Waals surface area contributed by atoms with E-state index in [1.807, 2.05) is 0 Å². The molecule has 7 nitrogen and oxygen atoms in total. The first-order valence-electron chi connectivity index (χ1n) is 8.55. The van der Waals surface area contributed by atoms with Crippen LogP contribution < -0.4 is 20.1 Å². The largest absolute Gasteiger partial charge is 0.497 e. The SMILES string of the molecule is COc1ccc(OCCNC(=O)c2ccc(Nc3ccc(F)cc3)nn2)cc1. The van der Waals surface area contributed by atoms with Crippen LogP contribution in [0.2, 0.25) is 0 Å². The van der Waals surface area contributed by atoms with Crippen molar-refractivity contribution < 1.29 is 18.7 Å². The van der Waals surface area contributed by atoms with Crippen LogP contribution in [0.5, 0.6) is 11.5 Å². The van der Waals surface area contributed by atoms with Crippen molar-refractivity contribution in [1.29, 1.82) is 0 Å². The Labute approximate surface area is 161 Å². The number of aromatic nitrogens is 2. The maximum absolute atomic E-state index is 12.9. The molecule has 0 fully saturated rings. The molecule has 8 heteroatoms. The first-order chi connectivity index (χ1) is 13.6. The smallest absolute Gasteiger partial charge is 0.271 e. The van der Waals surface area contributed by atoms with E-state index < -0.39 is 0 Å². The molecule has 2 N–H and O–H groups in total. The molecule has 1 heterocycles. The van der Waals surface area contributed by atoms with Crippen molar-refractivity contribution in [2.75, 3.05) is 25.6 Å². The molecule has 0 aliphatic carbocycles. The highest BCUT2D eigenvalue weighted by Crippen LogP contribution is 2.17. The molecule has 3 aromatic rings. The van der Waals surface area contributed by atoms with Crippen molar-refractivity contribution in [3.8, 4) is 11.5 Å². The van der Waals surface area contributed by atoms with Gasteiger partial charge in [-0.05, 0) is 60.7 Å². The van der Waals surface area contributed by atoms with Gasteiger partial charge in [0.05, 0.1) is 13.7 Å². The third kappa shape index (κ3) is 5.41. The van der Waals surface area contributed by atoms with Gasteiger partial charge in [-0.1, -0.05) is 0 Å². The maximum Gasteiger partial charge on any atom is 0.271 e. The number of anilines is 2. The number of rotatable bonds is 8. The molecule has 1 amide bonds. The molecule has 0 radical (unpaired) electrons. The summed E-state index contributed by atoms with van der Waals surface area (Å²) in [6.07, 6.45) is 0. The van der Waals surface area contributed by atoms with Crippen molar-refractivity contribution >= 4 is 17.4 Å². The fourth-order valence-corrected chi connectivity index (χ4v) is 2.30. The summed E-state index contributed by atoms with van der Waals surface area (Å²) in [5.74, 6) is 1.22. The summed E-state index contributed by atoms with van der Waals surface area (Å²) >= 11 is 0. The van der Waals surface area contributed by atoms with E-state index in [0.29, 0.717) is 30.4 Å². The van der Waals surface area contributed by atoms with E-state index in [0.717, 1.165) is 5.75 Å². The van der Waals surface area contributed by atoms with Crippen LogP contribution in [-0.2, 0) is 0 Å². The minimum absolute atomic E-state index is 0.189. The van der Waals surface area contributed by atoms with E-state index >= 15 is 0 Å². The zero-order valence-electron chi connectivity index (χ0n) is 15.2. The van der Waals surface area contributed by atoms with E-state index in [-0.39, 0.29) is 17.4 Å². The molecule has 2 aromatic carbocycles. The number of amides is 1. The number of carbonyl (C=O) groups is 1. The number of methoxy groups -OCH3 is 1. The van der Waals surface area contributed by atoms with Crippen LogP contribution >= 0.6 is 0 Å². The molecule has 0 atom stereocenters. The highest BCUT2D eigenvalue weighted by molar-refractivity contribution is 5.92. The van der Waals surface area contributed by atoms with Gasteiger partial charge in [0.25, 0.3) is 5.91 Å². The quantitative estimate of drug-likeness (QED) is 0.582. The molecule has 1 aromatic heterocycles. The van der Waals surface area contributed by atoms with Crippen LogP contribution in [-0.4, -0.2) is 36.4 Å². The summed E-state index contributed by atoms with van der Waals surface area (Å²) in [6, 6.07) is 16.2. The average Bonchev–Trinajstić information content (AvgIpc) is 2.73. The number of hydrogen-bond acceptors (Lipinski definition) is 6. The predicted molar refractivity (Wildman–Crippen MR) is 103 cm³/mol. The van der Waals surface area contributed by atoms with Gasteiger partial charge in [0.15, 0.2) is 11.5 Å². The van der Waals surface area contributed by atoms with E-state index in [1.54, 1.807) is 55.6 Å². The molecule has 0 bridgehead atoms. The second-order valence-corrected chi connectivity index (χ2v) is 5.72. The van der Waals surface area contributed by atoms with Gasteiger partial charge in [0.1, 0.15) is 23.9 Å². The third-order valence-corrected chi connectivity index (χ3v) is 3.73. The first-order valence-corrected chi connectivity index (χ1v) is 8.55. The van der Waals surface area contributed by atoms with E-state index in [9.17, 15) is 9.18 Å². The lowest BCUT2D eigenvalue weighted by Gasteiger charge is -2.08. The lowest BCUT2D eigenvalue weighted by atomic mass is 10.3. The number of hydrogen-bond donors (Lipinski definition) is 2. The van der Waals surface area contributed by atoms with E-state index in [4.69, 9.17) is 9.47 Å². The minimum atomic E-state index is -0.348. The third-order valence-electron chi connectivity index (χ3n) is 3.73. The summed E-state index contributed by atoms with van der Waals surface area (Å²) in [6.45, 7) is 0.637. The summed E-state index contributed by atoms with van der Waals surface area (Å²) in [5, 5.41) is 13.5. The fraction of sp³-hybridized carbons (Fsp3) is 0.150. The van der Waals surface area contributed by atoms with Crippen LogP contribution in [0.25, 0.3) is 0 Å². The molecular formula is C20H19FN4O3. The molecule has 3 rings (SSSR count). The van der Waals surface area contributed by atoms with Crippen LogP contribution in [0.3, 0.4) is 0 Å². The van der Waals surface area contributed by atoms with Crippen molar-refractivity contribution in [2.45, 2.75) is 0 Å². The van der Waals surface area contributed by atoms with Gasteiger partial charge in [0, 0.05) is 5.69 Å². The van der Waals surface area contributed by atoms with E-state index in [2.05, 4.69) is 20.8 Å². The Morgan fingerprint density at radius 3 is 2.32 bits per heavy atom. The van der Waals surface area contributed by atoms with Crippen LogP contribution in [0, 0.1) is 5.82 Å². The molecular weight excluding hydrogens is 363 g/mol. The first kappa shape index (κ1) is 19.1. The fourth-order valence-electron chi connectivity index (χ4n) is 2.30. The summed E-state index contributed by atoms with van der Waals surface area (Å²) < 4.78 is 23.5. The van der Waals surface area contributed by atoms with Gasteiger partial charge in [-0.3, -0.25) is 4.79 Å². The van der Waals surface area contributed by atoms with Crippen LogP contribution in [0.4, 0.5) is 15.9 Å². The molecule has 28 heavy (non-hydrogen) atoms. The zero-order chi connectivity index (χ0) is 19.8. The minimum Gasteiger partial charge on any atom is -0.497 e. The zero-order valence-corrected chi connectivity index (χ0v) is 15.2. The number of nitrogens with zero attached hydrogens (tertiary/aromatic N) is 2. The number of carbonyl (C=O) groups excluding carboxylic acids is 1. The molecule has 0 saturated heterocycles. The molecule has 0 unspecified atom stereocenters. The van der Waals surface area contributed by atoms with Crippen LogP contribution in [0.15, 0.2) is 60.7 Å². The Bertz CT molecular complexity index is 900. The van der Waals surface area contributed by atoms with Gasteiger partial charge in [-0.15, -0.1) is 10.2 Å². The van der Waals surface area contributed by atoms with Crippen molar-refractivity contribution in [3.63, 3.8) is 0 Å². The highest BCUT2D eigenvalue weighted by Gasteiger charge is 2.08. The number of ether oxygens (including phenoxy) is 2. The average molecular weight is 382 g/mol. The summed E-state index contributed by atoms with van der Waals surface area (Å²) in [4.78, 5) is 12.1. The summed E-state index contributed by atoms with van der Waals surface area (Å²) in [7, 11) is 1.60. The number of nitrogens with one attached hydrogen (secondary N) is 2. The van der Waals surface area contributed by atoms with Gasteiger partial charge < -0.3 is 20.1 Å². The molecule has 144 valence electrons. The predicted octanol–water partition coefficient (Wildman–Crippen LogP) is 3.18. The second kappa shape index (κ2) is 9.31. The van der Waals surface area contributed by atoms with Crippen molar-refractivity contribution in [1.82, 2.24) is 15.5 Å². The lowest BCUT2D eigenvalue weighted by molar-refractivity contribution is 0.0941. The molecule has 0 saturated carbocycles. The molecule has 0 aliphatic rings. The maximum atomic E-state index is 12.9. The van der Waals surface area contributed by atoms with Crippen molar-refractivity contribution in [3.05, 3.63) is 72.2 Å². The van der Waals surface area contributed by atoms with Crippen LogP contribution in [0.1, 0.15) is 10.5 Å². The Kier molecular flexibility index (Phi) is 6.35. The molecule has 0 spiro atoms. The highest BCUT2D eigenvalue weighted by atomic mass is 19.1. The van der Waals surface area contributed by atoms with Gasteiger partial charge in [0.2, 0.25) is 0 Å². The lowest BCUT2D eigenvalue weighted by Crippen LogP contribution is -2.29. The van der Waals surface area contributed by atoms with Gasteiger partial charge in [-0.2, -0.15) is 0 Å². The Morgan fingerprint density at radius 2 is 1.68 bits per heavy atom.